The Morgan fingerprint density at radius 1 is 1.12 bits per heavy atom. The molecule has 0 heterocycles. The molecule has 2 saturated carbocycles. The summed E-state index contributed by atoms with van der Waals surface area (Å²) in [6.45, 7) is 2.27. The van der Waals surface area contributed by atoms with Gasteiger partial charge in [-0.2, -0.15) is 0 Å². The van der Waals surface area contributed by atoms with Crippen LogP contribution in [0.2, 0.25) is 0 Å². The molecule has 5 heteroatoms. The summed E-state index contributed by atoms with van der Waals surface area (Å²) in [5.74, 6) is 0.301. The van der Waals surface area contributed by atoms with Gasteiger partial charge in [0.25, 0.3) is 0 Å². The summed E-state index contributed by atoms with van der Waals surface area (Å²) in [6, 6.07) is 13.1. The Labute approximate surface area is 188 Å². The topological polar surface area (TPSA) is 101 Å². The number of fused-ring (bicyclic) bond motifs is 5. The molecule has 4 unspecified atom stereocenters. The fourth-order valence-corrected chi connectivity index (χ4v) is 7.22. The summed E-state index contributed by atoms with van der Waals surface area (Å²) in [5.41, 5.74) is 9.81. The third kappa shape index (κ3) is 3.34. The molecule has 6 atom stereocenters. The number of amides is 1. The van der Waals surface area contributed by atoms with E-state index < -0.39 is 11.9 Å². The second-order valence-corrected chi connectivity index (χ2v) is 10.4. The fraction of sp³-hybridized carbons (Fsp3) is 0.481. The third-order valence-electron chi connectivity index (χ3n) is 8.80. The van der Waals surface area contributed by atoms with Crippen LogP contribution in [0.3, 0.4) is 0 Å². The molecule has 0 radical (unpaired) electrons. The van der Waals surface area contributed by atoms with E-state index in [1.807, 2.05) is 30.3 Å². The van der Waals surface area contributed by atoms with Crippen molar-refractivity contribution in [1.82, 2.24) is 0 Å². The van der Waals surface area contributed by atoms with E-state index in [4.69, 9.17) is 5.73 Å². The normalized spacial score (nSPS) is 33.1. The maximum atomic E-state index is 11.6. The number of aliphatic hydroxyl groups is 1. The first-order chi connectivity index (χ1) is 15.3. The van der Waals surface area contributed by atoms with Crippen molar-refractivity contribution in [1.29, 1.82) is 0 Å². The zero-order chi connectivity index (χ0) is 22.6. The molecule has 0 aliphatic heterocycles. The SMILES string of the molecule is C[C@]12CCC3c4ccc(C(=O)O)cc4CCC3C1CC(Cc1cccc(C(N)=O)c1)[C@@H]2O. The van der Waals surface area contributed by atoms with Crippen molar-refractivity contribution in [2.75, 3.05) is 0 Å². The largest absolute Gasteiger partial charge is 0.478 e. The Kier molecular flexibility index (Phi) is 5.12. The number of hydrogen-bond donors (Lipinski definition) is 3. The predicted octanol–water partition coefficient (Wildman–Crippen LogP) is 4.17. The standard InChI is InChI=1S/C27H31NO4/c1-27-10-9-21-20-7-6-18(26(31)32)13-16(20)5-8-22(21)23(27)14-19(24(27)29)12-15-3-2-4-17(11-15)25(28)30/h2-4,6-7,11,13,19,21-24,29H,5,8-10,12,14H2,1H3,(H2,28,30)(H,31,32)/t19?,21?,22?,23?,24-,27-/m0/s1. The van der Waals surface area contributed by atoms with Gasteiger partial charge in [0, 0.05) is 5.56 Å². The fourth-order valence-electron chi connectivity index (χ4n) is 7.22. The first-order valence-corrected chi connectivity index (χ1v) is 11.7. The Morgan fingerprint density at radius 3 is 2.69 bits per heavy atom. The molecule has 2 aromatic rings. The van der Waals surface area contributed by atoms with E-state index in [1.54, 1.807) is 12.1 Å². The average Bonchev–Trinajstić information content (AvgIpc) is 3.03. The van der Waals surface area contributed by atoms with E-state index in [2.05, 4.69) is 6.92 Å². The minimum absolute atomic E-state index is 0.0916. The highest BCUT2D eigenvalue weighted by molar-refractivity contribution is 5.92. The van der Waals surface area contributed by atoms with E-state index in [-0.39, 0.29) is 17.4 Å². The van der Waals surface area contributed by atoms with Crippen LogP contribution in [0, 0.1) is 23.2 Å². The number of primary amides is 1. The third-order valence-corrected chi connectivity index (χ3v) is 8.80. The minimum Gasteiger partial charge on any atom is -0.478 e. The summed E-state index contributed by atoms with van der Waals surface area (Å²) in [4.78, 5) is 23.0. The zero-order valence-corrected chi connectivity index (χ0v) is 18.5. The van der Waals surface area contributed by atoms with Gasteiger partial charge in [0.05, 0.1) is 11.7 Å². The molecule has 168 valence electrons. The van der Waals surface area contributed by atoms with E-state index in [0.717, 1.165) is 44.1 Å². The Hall–Kier alpha value is -2.66. The summed E-state index contributed by atoms with van der Waals surface area (Å²) < 4.78 is 0. The van der Waals surface area contributed by atoms with Crippen LogP contribution in [0.5, 0.6) is 0 Å². The lowest BCUT2D eigenvalue weighted by atomic mass is 9.55. The molecule has 0 aromatic heterocycles. The van der Waals surface area contributed by atoms with Crippen LogP contribution in [-0.4, -0.2) is 28.2 Å². The van der Waals surface area contributed by atoms with Gasteiger partial charge in [0.15, 0.2) is 0 Å². The number of aliphatic hydroxyl groups excluding tert-OH is 1. The molecule has 1 amide bonds. The number of carboxylic acid groups (broad SMARTS) is 1. The van der Waals surface area contributed by atoms with Crippen LogP contribution in [-0.2, 0) is 12.8 Å². The molecule has 0 saturated heterocycles. The van der Waals surface area contributed by atoms with Crippen molar-refractivity contribution in [2.24, 2.45) is 28.9 Å². The lowest BCUT2D eigenvalue weighted by Crippen LogP contribution is -2.44. The van der Waals surface area contributed by atoms with Crippen molar-refractivity contribution in [2.45, 2.75) is 57.5 Å². The van der Waals surface area contributed by atoms with Gasteiger partial charge in [-0.1, -0.05) is 25.1 Å². The Balaban J connectivity index is 1.39. The summed E-state index contributed by atoms with van der Waals surface area (Å²) in [6.07, 6.45) is 5.37. The monoisotopic (exact) mass is 433 g/mol. The highest BCUT2D eigenvalue weighted by atomic mass is 16.4. The number of hydrogen-bond acceptors (Lipinski definition) is 3. The summed E-state index contributed by atoms with van der Waals surface area (Å²) in [5, 5.41) is 20.8. The molecule has 5 rings (SSSR count). The lowest BCUT2D eigenvalue weighted by molar-refractivity contribution is -0.0325. The van der Waals surface area contributed by atoms with Crippen molar-refractivity contribution in [3.05, 3.63) is 70.3 Å². The van der Waals surface area contributed by atoms with Crippen molar-refractivity contribution < 1.29 is 19.8 Å². The van der Waals surface area contributed by atoms with E-state index in [0.29, 0.717) is 28.9 Å². The molecular formula is C27H31NO4. The van der Waals surface area contributed by atoms with Gasteiger partial charge < -0.3 is 15.9 Å². The molecule has 0 spiro atoms. The molecule has 3 aliphatic carbocycles. The van der Waals surface area contributed by atoms with Crippen molar-refractivity contribution in [3.63, 3.8) is 0 Å². The second-order valence-electron chi connectivity index (χ2n) is 10.4. The number of carbonyl (C=O) groups excluding carboxylic acids is 1. The van der Waals surface area contributed by atoms with Gasteiger partial charge >= 0.3 is 5.97 Å². The van der Waals surface area contributed by atoms with Crippen LogP contribution < -0.4 is 5.73 Å². The van der Waals surface area contributed by atoms with Crippen LogP contribution in [0.4, 0.5) is 0 Å². The van der Waals surface area contributed by atoms with Crippen LogP contribution in [0.1, 0.15) is 75.9 Å². The number of aryl methyl sites for hydroxylation is 1. The van der Waals surface area contributed by atoms with Gasteiger partial charge in [-0.3, -0.25) is 4.79 Å². The molecule has 2 aromatic carbocycles. The second kappa shape index (κ2) is 7.73. The van der Waals surface area contributed by atoms with Gasteiger partial charge in [-0.15, -0.1) is 0 Å². The number of benzene rings is 2. The number of rotatable bonds is 4. The first kappa shape index (κ1) is 21.2. The lowest BCUT2D eigenvalue weighted by Gasteiger charge is -2.50. The zero-order valence-electron chi connectivity index (χ0n) is 18.5. The molecule has 3 aliphatic rings. The van der Waals surface area contributed by atoms with Crippen molar-refractivity contribution >= 4 is 11.9 Å². The first-order valence-electron chi connectivity index (χ1n) is 11.7. The average molecular weight is 434 g/mol. The maximum absolute atomic E-state index is 11.6. The number of carboxylic acids is 1. The van der Waals surface area contributed by atoms with Crippen molar-refractivity contribution in [3.8, 4) is 0 Å². The molecule has 5 nitrogen and oxygen atoms in total. The van der Waals surface area contributed by atoms with Crippen LogP contribution >= 0.6 is 0 Å². The molecule has 2 fully saturated rings. The smallest absolute Gasteiger partial charge is 0.335 e. The molecular weight excluding hydrogens is 402 g/mol. The minimum atomic E-state index is -0.867. The van der Waals surface area contributed by atoms with E-state index >= 15 is 0 Å². The van der Waals surface area contributed by atoms with Gasteiger partial charge in [-0.25, -0.2) is 4.79 Å². The highest BCUT2D eigenvalue weighted by Crippen LogP contribution is 2.62. The van der Waals surface area contributed by atoms with Gasteiger partial charge in [0.2, 0.25) is 5.91 Å². The molecule has 0 bridgehead atoms. The summed E-state index contributed by atoms with van der Waals surface area (Å²) in [7, 11) is 0. The number of aromatic carboxylic acids is 1. The molecule has 32 heavy (non-hydrogen) atoms. The molecule has 4 N–H and O–H groups in total. The van der Waals surface area contributed by atoms with Gasteiger partial charge in [0.1, 0.15) is 0 Å². The van der Waals surface area contributed by atoms with E-state index in [9.17, 15) is 19.8 Å². The van der Waals surface area contributed by atoms with E-state index in [1.165, 1.54) is 11.1 Å². The van der Waals surface area contributed by atoms with Crippen LogP contribution in [0.15, 0.2) is 42.5 Å². The summed E-state index contributed by atoms with van der Waals surface area (Å²) >= 11 is 0. The van der Waals surface area contributed by atoms with Gasteiger partial charge in [-0.05, 0) is 109 Å². The predicted molar refractivity (Wildman–Crippen MR) is 122 cm³/mol. The van der Waals surface area contributed by atoms with Crippen LogP contribution in [0.25, 0.3) is 0 Å². The number of carbonyl (C=O) groups is 2. The Morgan fingerprint density at radius 2 is 1.94 bits per heavy atom. The highest BCUT2D eigenvalue weighted by Gasteiger charge is 2.57. The Bertz CT molecular complexity index is 1080. The quantitative estimate of drug-likeness (QED) is 0.674. The maximum Gasteiger partial charge on any atom is 0.335 e. The number of nitrogens with two attached hydrogens (primary N) is 1.